The summed E-state index contributed by atoms with van der Waals surface area (Å²) in [5.41, 5.74) is 4.27. The fourth-order valence-corrected chi connectivity index (χ4v) is 3.43. The summed E-state index contributed by atoms with van der Waals surface area (Å²) in [5, 5.41) is 3.65. The zero-order chi connectivity index (χ0) is 18.4. The number of benzene rings is 1. The predicted octanol–water partition coefficient (Wildman–Crippen LogP) is 5.02. The zero-order valence-corrected chi connectivity index (χ0v) is 16.9. The molecule has 0 aromatic heterocycles. The fraction of sp³-hybridized carbons (Fsp3) is 0.609. The van der Waals surface area contributed by atoms with Gasteiger partial charge in [-0.2, -0.15) is 0 Å². The van der Waals surface area contributed by atoms with E-state index in [0.717, 1.165) is 38.3 Å². The minimum absolute atomic E-state index is 0.582. The Labute approximate surface area is 159 Å². The molecule has 1 saturated carbocycles. The maximum atomic E-state index is 5.05. The molecule has 26 heavy (non-hydrogen) atoms. The highest BCUT2D eigenvalue weighted by molar-refractivity contribution is 5.90. The van der Waals surface area contributed by atoms with Gasteiger partial charge in [-0.05, 0) is 43.2 Å². The van der Waals surface area contributed by atoms with E-state index in [1.165, 1.54) is 49.1 Å². The number of hydrogen-bond acceptors (Lipinski definition) is 3. The number of nitrogens with one attached hydrogen (secondary N) is 1. The van der Waals surface area contributed by atoms with Crippen molar-refractivity contribution < 1.29 is 0 Å². The van der Waals surface area contributed by atoms with Gasteiger partial charge in [-0.3, -0.25) is 0 Å². The normalized spacial score (nSPS) is 18.5. The third-order valence-corrected chi connectivity index (χ3v) is 5.68. The third kappa shape index (κ3) is 5.44. The molecule has 1 heterocycles. The smallest absolute Gasteiger partial charge is 0.105 e. The Bertz CT molecular complexity index is 638. The molecule has 1 aliphatic carbocycles. The first-order valence-electron chi connectivity index (χ1n) is 10.4. The molecule has 0 radical (unpaired) electrons. The number of aliphatic imine (C=N–C) groups is 1. The molecule has 3 rings (SSSR count). The van der Waals surface area contributed by atoms with Gasteiger partial charge in [-0.25, -0.2) is 4.99 Å². The number of aryl methyl sites for hydroxylation is 1. The highest BCUT2D eigenvalue weighted by Gasteiger charge is 2.36. The Kier molecular flexibility index (Phi) is 6.53. The van der Waals surface area contributed by atoms with Crippen molar-refractivity contribution in [3.63, 3.8) is 0 Å². The quantitative estimate of drug-likeness (QED) is 0.598. The first-order chi connectivity index (χ1) is 12.6. The summed E-state index contributed by atoms with van der Waals surface area (Å²) < 4.78 is 0. The van der Waals surface area contributed by atoms with Crippen LogP contribution in [0.3, 0.4) is 0 Å². The summed E-state index contributed by atoms with van der Waals surface area (Å²) in [6.45, 7) is 11.0. The monoisotopic (exact) mass is 353 g/mol. The van der Waals surface area contributed by atoms with E-state index in [9.17, 15) is 0 Å². The Hall–Kier alpha value is -1.61. The molecule has 3 nitrogen and oxygen atoms in total. The first-order valence-corrected chi connectivity index (χ1v) is 10.4. The lowest BCUT2D eigenvalue weighted by molar-refractivity contribution is 0.413. The van der Waals surface area contributed by atoms with E-state index in [2.05, 4.69) is 61.3 Å². The van der Waals surface area contributed by atoms with Crippen LogP contribution >= 0.6 is 0 Å². The van der Waals surface area contributed by atoms with Crippen molar-refractivity contribution in [2.24, 2.45) is 10.4 Å². The van der Waals surface area contributed by atoms with E-state index in [1.54, 1.807) is 0 Å². The summed E-state index contributed by atoms with van der Waals surface area (Å²) in [7, 11) is 0. The minimum atomic E-state index is 0.582. The maximum Gasteiger partial charge on any atom is 0.105 e. The van der Waals surface area contributed by atoms with Gasteiger partial charge in [-0.15, -0.1) is 0 Å². The van der Waals surface area contributed by atoms with Gasteiger partial charge < -0.3 is 10.2 Å². The molecule has 0 spiro atoms. The second kappa shape index (κ2) is 8.85. The molecule has 0 amide bonds. The fourth-order valence-electron chi connectivity index (χ4n) is 3.43. The summed E-state index contributed by atoms with van der Waals surface area (Å²) >= 11 is 0. The number of nitrogens with zero attached hydrogens (tertiary/aromatic N) is 2. The lowest BCUT2D eigenvalue weighted by Crippen LogP contribution is -2.39. The molecule has 0 saturated heterocycles. The summed E-state index contributed by atoms with van der Waals surface area (Å²) in [4.78, 5) is 7.52. The van der Waals surface area contributed by atoms with Crippen molar-refractivity contribution >= 4 is 11.5 Å². The van der Waals surface area contributed by atoms with Crippen LogP contribution in [0, 0.1) is 12.3 Å². The number of rotatable bonds is 10. The molecule has 0 unspecified atom stereocenters. The van der Waals surface area contributed by atoms with E-state index < -0.39 is 0 Å². The first kappa shape index (κ1) is 19.2. The molecular formula is C23H35N3. The van der Waals surface area contributed by atoms with Crippen LogP contribution in [-0.2, 0) is 0 Å². The lowest BCUT2D eigenvalue weighted by Gasteiger charge is -2.29. The molecule has 1 N–H and O–H groups in total. The molecule has 1 aromatic rings. The van der Waals surface area contributed by atoms with Crippen LogP contribution < -0.4 is 5.32 Å². The van der Waals surface area contributed by atoms with Crippen LogP contribution in [0.1, 0.15) is 63.5 Å². The Balaban J connectivity index is 1.59. The lowest BCUT2D eigenvalue weighted by atomic mass is 10.1. The van der Waals surface area contributed by atoms with Crippen LogP contribution in [0.15, 0.2) is 35.3 Å². The maximum absolute atomic E-state index is 5.05. The molecular weight excluding hydrogens is 318 g/mol. The molecule has 142 valence electrons. The van der Waals surface area contributed by atoms with Crippen LogP contribution in [0.2, 0.25) is 0 Å². The number of hydrogen-bond donors (Lipinski definition) is 1. The Morgan fingerprint density at radius 2 is 1.92 bits per heavy atom. The van der Waals surface area contributed by atoms with Crippen molar-refractivity contribution in [3.8, 4) is 0 Å². The van der Waals surface area contributed by atoms with Gasteiger partial charge in [0.05, 0.1) is 5.70 Å². The van der Waals surface area contributed by atoms with Gasteiger partial charge in [-0.1, -0.05) is 56.5 Å². The highest BCUT2D eigenvalue weighted by atomic mass is 15.2. The van der Waals surface area contributed by atoms with Crippen molar-refractivity contribution in [1.82, 2.24) is 10.2 Å². The SMILES string of the molecule is CCCCCC1=NC(c2ccc(C)cc2)=CCN1CCNCC1(C)CC1. The van der Waals surface area contributed by atoms with Gasteiger partial charge in [0.25, 0.3) is 0 Å². The van der Waals surface area contributed by atoms with Crippen molar-refractivity contribution in [2.75, 3.05) is 26.2 Å². The molecule has 3 heteroatoms. The molecule has 1 fully saturated rings. The molecule has 1 aliphatic heterocycles. The molecule has 1 aromatic carbocycles. The van der Waals surface area contributed by atoms with E-state index in [0.29, 0.717) is 5.41 Å². The number of amidine groups is 1. The van der Waals surface area contributed by atoms with Crippen LogP contribution in [0.25, 0.3) is 5.70 Å². The third-order valence-electron chi connectivity index (χ3n) is 5.68. The largest absolute Gasteiger partial charge is 0.355 e. The van der Waals surface area contributed by atoms with Gasteiger partial charge in [0.15, 0.2) is 0 Å². The minimum Gasteiger partial charge on any atom is -0.355 e. The molecule has 0 atom stereocenters. The van der Waals surface area contributed by atoms with E-state index in [-0.39, 0.29) is 0 Å². The van der Waals surface area contributed by atoms with Gasteiger partial charge in [0.2, 0.25) is 0 Å². The van der Waals surface area contributed by atoms with Gasteiger partial charge >= 0.3 is 0 Å². The van der Waals surface area contributed by atoms with Crippen molar-refractivity contribution in [3.05, 3.63) is 41.5 Å². The Morgan fingerprint density at radius 1 is 1.15 bits per heavy atom. The Morgan fingerprint density at radius 3 is 2.62 bits per heavy atom. The summed E-state index contributed by atoms with van der Waals surface area (Å²) in [5.74, 6) is 1.27. The highest BCUT2D eigenvalue weighted by Crippen LogP contribution is 2.43. The van der Waals surface area contributed by atoms with E-state index in [1.807, 2.05) is 0 Å². The topological polar surface area (TPSA) is 27.6 Å². The summed E-state index contributed by atoms with van der Waals surface area (Å²) in [6, 6.07) is 8.75. The second-order valence-electron chi connectivity index (χ2n) is 8.37. The van der Waals surface area contributed by atoms with Crippen molar-refractivity contribution in [2.45, 2.75) is 59.3 Å². The standard InChI is InChI=1S/C23H35N3/c1-4-5-6-7-22-25-21(20-10-8-19(2)9-11-20)12-16-26(22)17-15-24-18-23(3)13-14-23/h8-12,24H,4-7,13-18H2,1-3H3. The second-order valence-corrected chi connectivity index (χ2v) is 8.37. The average Bonchev–Trinajstić information content (AvgIpc) is 3.38. The van der Waals surface area contributed by atoms with Crippen LogP contribution in [0.4, 0.5) is 0 Å². The van der Waals surface area contributed by atoms with Gasteiger partial charge in [0, 0.05) is 32.6 Å². The average molecular weight is 354 g/mol. The number of unbranched alkanes of at least 4 members (excludes halogenated alkanes) is 2. The molecule has 2 aliphatic rings. The molecule has 0 bridgehead atoms. The van der Waals surface area contributed by atoms with Gasteiger partial charge in [0.1, 0.15) is 5.84 Å². The van der Waals surface area contributed by atoms with Crippen molar-refractivity contribution in [1.29, 1.82) is 0 Å². The summed E-state index contributed by atoms with van der Waals surface area (Å²) in [6.07, 6.45) is 9.93. The predicted molar refractivity (Wildman–Crippen MR) is 113 cm³/mol. The van der Waals surface area contributed by atoms with Crippen LogP contribution in [-0.4, -0.2) is 36.9 Å². The zero-order valence-electron chi connectivity index (χ0n) is 16.9. The van der Waals surface area contributed by atoms with Crippen LogP contribution in [0.5, 0.6) is 0 Å². The van der Waals surface area contributed by atoms with E-state index >= 15 is 0 Å². The van der Waals surface area contributed by atoms with E-state index in [4.69, 9.17) is 4.99 Å².